The lowest BCUT2D eigenvalue weighted by Crippen LogP contribution is -2.69. The summed E-state index contributed by atoms with van der Waals surface area (Å²) in [5.74, 6) is -0.657. The predicted octanol–water partition coefficient (Wildman–Crippen LogP) is -6.40. The van der Waals surface area contributed by atoms with Crippen molar-refractivity contribution in [1.29, 1.82) is 0 Å². The van der Waals surface area contributed by atoms with E-state index in [-0.39, 0.29) is 0 Å². The lowest BCUT2D eigenvalue weighted by Gasteiger charge is -2.49. The molecule has 0 aromatic carbocycles. The number of aliphatic hydroxyl groups is 9. The van der Waals surface area contributed by atoms with Crippen LogP contribution < -0.4 is 5.32 Å². The molecule has 0 aliphatic carbocycles. The Morgan fingerprint density at radius 2 is 1.31 bits per heavy atom. The molecule has 0 spiro atoms. The van der Waals surface area contributed by atoms with Gasteiger partial charge in [-0.25, -0.2) is 0 Å². The van der Waals surface area contributed by atoms with Crippen LogP contribution in [0.2, 0.25) is 0 Å². The van der Waals surface area contributed by atoms with Crippen molar-refractivity contribution >= 4 is 5.91 Å². The fourth-order valence-electron chi connectivity index (χ4n) is 4.39. The van der Waals surface area contributed by atoms with Crippen LogP contribution in [0, 0.1) is 0 Å². The first-order chi connectivity index (χ1) is 16.9. The summed E-state index contributed by atoms with van der Waals surface area (Å²) < 4.78 is 27.3. The first-order valence-electron chi connectivity index (χ1n) is 11.4. The van der Waals surface area contributed by atoms with Crippen LogP contribution in [0.4, 0.5) is 0 Å². The Balaban J connectivity index is 1.87. The molecule has 3 aliphatic rings. The number of carbonyl (C=O) groups excluding carboxylic acids is 1. The van der Waals surface area contributed by atoms with E-state index in [0.29, 0.717) is 0 Å². The Bertz CT molecular complexity index is 731. The van der Waals surface area contributed by atoms with E-state index in [1.165, 1.54) is 6.92 Å². The van der Waals surface area contributed by atoms with Crippen molar-refractivity contribution in [3.8, 4) is 0 Å². The molecule has 16 nitrogen and oxygen atoms in total. The number of hydrogen-bond acceptors (Lipinski definition) is 15. The predicted molar refractivity (Wildman–Crippen MR) is 111 cm³/mol. The van der Waals surface area contributed by atoms with Crippen LogP contribution in [0.1, 0.15) is 13.8 Å². The second-order valence-electron chi connectivity index (χ2n) is 9.05. The zero-order valence-electron chi connectivity index (χ0n) is 19.5. The van der Waals surface area contributed by atoms with Gasteiger partial charge in [0.1, 0.15) is 67.1 Å². The lowest BCUT2D eigenvalue weighted by atomic mass is 9.94. The van der Waals surface area contributed by atoms with Crippen molar-refractivity contribution in [3.05, 3.63) is 0 Å². The first-order valence-corrected chi connectivity index (χ1v) is 11.4. The van der Waals surface area contributed by atoms with Crippen LogP contribution in [-0.4, -0.2) is 157 Å². The molecule has 3 saturated heterocycles. The third kappa shape index (κ3) is 5.97. The lowest BCUT2D eigenvalue weighted by molar-refractivity contribution is -0.366. The molecule has 210 valence electrons. The van der Waals surface area contributed by atoms with Crippen molar-refractivity contribution in [3.63, 3.8) is 0 Å². The molecule has 3 aliphatic heterocycles. The molecular formula is C20H35NO15. The minimum atomic E-state index is -1.86. The Morgan fingerprint density at radius 3 is 1.89 bits per heavy atom. The molecule has 0 aromatic heterocycles. The molecule has 16 heteroatoms. The highest BCUT2D eigenvalue weighted by Gasteiger charge is 2.53. The molecule has 36 heavy (non-hydrogen) atoms. The largest absolute Gasteiger partial charge is 0.394 e. The van der Waals surface area contributed by atoms with Crippen LogP contribution in [0.3, 0.4) is 0 Å². The van der Waals surface area contributed by atoms with E-state index in [1.54, 1.807) is 0 Å². The molecule has 3 heterocycles. The zero-order valence-corrected chi connectivity index (χ0v) is 19.5. The molecule has 3 rings (SSSR count). The second-order valence-corrected chi connectivity index (χ2v) is 9.05. The molecule has 15 atom stereocenters. The van der Waals surface area contributed by atoms with Gasteiger partial charge in [0.2, 0.25) is 5.91 Å². The number of amides is 1. The van der Waals surface area contributed by atoms with Crippen LogP contribution >= 0.6 is 0 Å². The summed E-state index contributed by atoms with van der Waals surface area (Å²) in [4.78, 5) is 12.0. The molecule has 10 N–H and O–H groups in total. The molecule has 0 aromatic rings. The van der Waals surface area contributed by atoms with Crippen LogP contribution in [0.5, 0.6) is 0 Å². The van der Waals surface area contributed by atoms with Gasteiger partial charge in [0.25, 0.3) is 0 Å². The number of nitrogens with one attached hydrogen (secondary N) is 1. The van der Waals surface area contributed by atoms with E-state index in [2.05, 4.69) is 5.32 Å². The summed E-state index contributed by atoms with van der Waals surface area (Å²) in [6, 6.07) is -1.41. The van der Waals surface area contributed by atoms with Crippen molar-refractivity contribution in [2.24, 2.45) is 0 Å². The third-order valence-corrected chi connectivity index (χ3v) is 6.46. The summed E-state index contributed by atoms with van der Waals surface area (Å²) in [5, 5.41) is 93.4. The summed E-state index contributed by atoms with van der Waals surface area (Å²) in [5.41, 5.74) is 0. The second kappa shape index (κ2) is 12.2. The van der Waals surface area contributed by atoms with E-state index in [9.17, 15) is 50.8 Å². The van der Waals surface area contributed by atoms with Gasteiger partial charge in [-0.1, -0.05) is 0 Å². The topological polar surface area (TPSA) is 257 Å². The van der Waals surface area contributed by atoms with E-state index >= 15 is 0 Å². The van der Waals surface area contributed by atoms with Crippen molar-refractivity contribution in [2.45, 2.75) is 106 Å². The standard InChI is InChI=1S/C20H35NO15/c1-5-10(25)13(28)15(30)20(32-5)35-16-9(21-6(2)24)19(34-8(4-23)12(16)27)36-17-14(29)11(26)7(3-22)33-18(17)31/h5,7-20,22-23,25-31H,3-4H2,1-2H3,(H,21,24)/t5-,7+,8+,9+,10+,11-,12+,13+,14-,15-,16+,17+,18?,19-,20-/m0/s1. The number of rotatable bonds is 7. The average molecular weight is 529 g/mol. The smallest absolute Gasteiger partial charge is 0.217 e. The van der Waals surface area contributed by atoms with Gasteiger partial charge in [-0.05, 0) is 6.92 Å². The van der Waals surface area contributed by atoms with E-state index in [1.807, 2.05) is 0 Å². The van der Waals surface area contributed by atoms with Crippen molar-refractivity contribution in [1.82, 2.24) is 5.32 Å². The molecule has 0 saturated carbocycles. The minimum Gasteiger partial charge on any atom is -0.394 e. The maximum Gasteiger partial charge on any atom is 0.217 e. The van der Waals surface area contributed by atoms with Gasteiger partial charge in [0.15, 0.2) is 18.9 Å². The average Bonchev–Trinajstić information content (AvgIpc) is 2.83. The van der Waals surface area contributed by atoms with Gasteiger partial charge in [-0.15, -0.1) is 0 Å². The number of hydrogen-bond donors (Lipinski definition) is 10. The molecule has 1 unspecified atom stereocenters. The van der Waals surface area contributed by atoms with Crippen molar-refractivity contribution in [2.75, 3.05) is 13.2 Å². The Kier molecular flexibility index (Phi) is 9.97. The van der Waals surface area contributed by atoms with Crippen LogP contribution in [-0.2, 0) is 28.5 Å². The van der Waals surface area contributed by atoms with Crippen LogP contribution in [0.25, 0.3) is 0 Å². The number of aliphatic hydroxyl groups excluding tert-OH is 9. The van der Waals surface area contributed by atoms with Gasteiger partial charge in [0, 0.05) is 6.92 Å². The van der Waals surface area contributed by atoms with Crippen LogP contribution in [0.15, 0.2) is 0 Å². The van der Waals surface area contributed by atoms with Gasteiger partial charge in [-0.3, -0.25) is 4.79 Å². The number of ether oxygens (including phenoxy) is 5. The molecule has 0 radical (unpaired) electrons. The fraction of sp³-hybridized carbons (Fsp3) is 0.950. The van der Waals surface area contributed by atoms with E-state index < -0.39 is 111 Å². The number of carbonyl (C=O) groups is 1. The van der Waals surface area contributed by atoms with Gasteiger partial charge < -0.3 is 75.0 Å². The summed E-state index contributed by atoms with van der Waals surface area (Å²) in [6.07, 6.45) is -22.0. The molecule has 1 amide bonds. The van der Waals surface area contributed by atoms with Gasteiger partial charge >= 0.3 is 0 Å². The zero-order chi connectivity index (χ0) is 26.9. The molecular weight excluding hydrogens is 494 g/mol. The summed E-state index contributed by atoms with van der Waals surface area (Å²) in [7, 11) is 0. The third-order valence-electron chi connectivity index (χ3n) is 6.46. The fourth-order valence-corrected chi connectivity index (χ4v) is 4.39. The Labute approximate surface area is 205 Å². The SMILES string of the molecule is CC(=O)N[C@H]1[C@H](O[C@H]2C(O)O[C@H](CO)[C@H](O)[C@@H]2O)O[C@H](CO)[C@@H](O)[C@@H]1O[C@@H]1O[C@@H](C)[C@@H](O)[C@@H](O)[C@@H]1O. The Hall–Kier alpha value is -1.09. The van der Waals surface area contributed by atoms with Gasteiger partial charge in [-0.2, -0.15) is 0 Å². The quantitative estimate of drug-likeness (QED) is 0.147. The monoisotopic (exact) mass is 529 g/mol. The first kappa shape index (κ1) is 29.5. The van der Waals surface area contributed by atoms with E-state index in [0.717, 1.165) is 6.92 Å². The normalized spacial score (nSPS) is 50.0. The summed E-state index contributed by atoms with van der Waals surface area (Å²) >= 11 is 0. The molecule has 0 bridgehead atoms. The highest BCUT2D eigenvalue weighted by molar-refractivity contribution is 5.73. The minimum absolute atomic E-state index is 0.657. The van der Waals surface area contributed by atoms with Crippen molar-refractivity contribution < 1.29 is 74.4 Å². The van der Waals surface area contributed by atoms with E-state index in [4.69, 9.17) is 23.7 Å². The maximum atomic E-state index is 12.0. The molecule has 3 fully saturated rings. The maximum absolute atomic E-state index is 12.0. The highest BCUT2D eigenvalue weighted by Crippen LogP contribution is 2.32. The summed E-state index contributed by atoms with van der Waals surface area (Å²) in [6.45, 7) is 1.03. The Morgan fingerprint density at radius 1 is 0.722 bits per heavy atom. The van der Waals surface area contributed by atoms with Gasteiger partial charge in [0.05, 0.1) is 19.3 Å². The highest BCUT2D eigenvalue weighted by atomic mass is 16.7.